The molecule has 108 valence electrons. The average molecular weight is 303 g/mol. The van der Waals surface area contributed by atoms with Crippen LogP contribution in [0.3, 0.4) is 0 Å². The van der Waals surface area contributed by atoms with Crippen LogP contribution < -0.4 is 9.47 Å². The van der Waals surface area contributed by atoms with Gasteiger partial charge in [0.25, 0.3) is 0 Å². The molecule has 2 rings (SSSR count). The minimum absolute atomic E-state index is 0.106. The Balaban J connectivity index is 2.18. The Bertz CT molecular complexity index is 660. The van der Waals surface area contributed by atoms with E-state index in [0.717, 1.165) is 5.56 Å². The molecule has 0 radical (unpaired) electrons. The normalized spacial score (nSPS) is 10.6. The molecule has 0 aliphatic carbocycles. The van der Waals surface area contributed by atoms with Crippen LogP contribution in [-0.2, 0) is 0 Å². The zero-order valence-electron chi connectivity index (χ0n) is 11.8. The standard InChI is InChI=1S/C17H15ClO3/c1-20-16-10-6-13(11-17(16)21-2)15(19)9-5-12-3-7-14(18)8-4-12/h3-11H,1-2H3/b9-5+. The van der Waals surface area contributed by atoms with Crippen molar-refractivity contribution in [3.05, 3.63) is 64.7 Å². The Hall–Kier alpha value is -2.26. The third-order valence-electron chi connectivity index (χ3n) is 2.97. The van der Waals surface area contributed by atoms with E-state index in [2.05, 4.69) is 0 Å². The highest BCUT2D eigenvalue weighted by atomic mass is 35.5. The van der Waals surface area contributed by atoms with Crippen LogP contribution in [0.25, 0.3) is 6.08 Å². The Kier molecular flexibility index (Phi) is 5.01. The van der Waals surface area contributed by atoms with Crippen LogP contribution in [-0.4, -0.2) is 20.0 Å². The van der Waals surface area contributed by atoms with Crippen molar-refractivity contribution in [3.8, 4) is 11.5 Å². The van der Waals surface area contributed by atoms with Gasteiger partial charge in [-0.25, -0.2) is 0 Å². The van der Waals surface area contributed by atoms with E-state index >= 15 is 0 Å². The van der Waals surface area contributed by atoms with Crippen molar-refractivity contribution in [1.82, 2.24) is 0 Å². The van der Waals surface area contributed by atoms with Gasteiger partial charge >= 0.3 is 0 Å². The summed E-state index contributed by atoms with van der Waals surface area (Å²) in [5.74, 6) is 1.02. The Morgan fingerprint density at radius 1 is 1.00 bits per heavy atom. The van der Waals surface area contributed by atoms with E-state index in [-0.39, 0.29) is 5.78 Å². The van der Waals surface area contributed by atoms with Gasteiger partial charge in [-0.3, -0.25) is 4.79 Å². The van der Waals surface area contributed by atoms with Crippen LogP contribution in [0.5, 0.6) is 11.5 Å². The number of ether oxygens (including phenoxy) is 2. The molecule has 0 aliphatic heterocycles. The molecule has 0 bridgehead atoms. The van der Waals surface area contributed by atoms with Crippen LogP contribution in [0.15, 0.2) is 48.5 Å². The first kappa shape index (κ1) is 15.1. The van der Waals surface area contributed by atoms with Crippen LogP contribution in [0.1, 0.15) is 15.9 Å². The van der Waals surface area contributed by atoms with Crippen molar-refractivity contribution in [2.45, 2.75) is 0 Å². The number of carbonyl (C=O) groups is 1. The van der Waals surface area contributed by atoms with Gasteiger partial charge in [-0.1, -0.05) is 29.8 Å². The highest BCUT2D eigenvalue weighted by molar-refractivity contribution is 6.30. The quantitative estimate of drug-likeness (QED) is 0.612. The molecular formula is C17H15ClO3. The molecule has 0 N–H and O–H groups in total. The van der Waals surface area contributed by atoms with Crippen LogP contribution in [0.2, 0.25) is 5.02 Å². The molecule has 0 saturated heterocycles. The van der Waals surface area contributed by atoms with Gasteiger partial charge in [0.05, 0.1) is 14.2 Å². The molecule has 0 spiro atoms. The number of halogens is 1. The van der Waals surface area contributed by atoms with Crippen LogP contribution in [0.4, 0.5) is 0 Å². The van der Waals surface area contributed by atoms with E-state index in [0.29, 0.717) is 22.1 Å². The maximum absolute atomic E-state index is 12.1. The summed E-state index contributed by atoms with van der Waals surface area (Å²) in [5.41, 5.74) is 1.45. The van der Waals surface area contributed by atoms with Gasteiger partial charge in [0.1, 0.15) is 0 Å². The van der Waals surface area contributed by atoms with Crippen molar-refractivity contribution in [2.75, 3.05) is 14.2 Å². The second kappa shape index (κ2) is 6.95. The van der Waals surface area contributed by atoms with Gasteiger partial charge in [0.2, 0.25) is 0 Å². The molecule has 0 aliphatic rings. The predicted molar refractivity (Wildman–Crippen MR) is 84.4 cm³/mol. The molecule has 4 heteroatoms. The molecule has 0 fully saturated rings. The fraction of sp³-hybridized carbons (Fsp3) is 0.118. The molecule has 2 aromatic carbocycles. The third kappa shape index (κ3) is 3.86. The topological polar surface area (TPSA) is 35.5 Å². The Morgan fingerprint density at radius 3 is 2.29 bits per heavy atom. The number of hydrogen-bond acceptors (Lipinski definition) is 3. The number of rotatable bonds is 5. The number of allylic oxidation sites excluding steroid dienone is 1. The molecule has 0 saturated carbocycles. The lowest BCUT2D eigenvalue weighted by atomic mass is 10.1. The number of methoxy groups -OCH3 is 2. The molecule has 2 aromatic rings. The van der Waals surface area contributed by atoms with E-state index in [1.54, 1.807) is 43.5 Å². The van der Waals surface area contributed by atoms with Crippen molar-refractivity contribution in [1.29, 1.82) is 0 Å². The van der Waals surface area contributed by atoms with E-state index in [9.17, 15) is 4.79 Å². The molecular weight excluding hydrogens is 288 g/mol. The van der Waals surface area contributed by atoms with Gasteiger partial charge < -0.3 is 9.47 Å². The molecule has 0 heterocycles. The maximum Gasteiger partial charge on any atom is 0.185 e. The van der Waals surface area contributed by atoms with E-state index in [4.69, 9.17) is 21.1 Å². The van der Waals surface area contributed by atoms with Crippen LogP contribution >= 0.6 is 11.6 Å². The van der Waals surface area contributed by atoms with Crippen molar-refractivity contribution in [3.63, 3.8) is 0 Å². The van der Waals surface area contributed by atoms with E-state index in [1.807, 2.05) is 12.1 Å². The summed E-state index contributed by atoms with van der Waals surface area (Å²) in [6, 6.07) is 12.3. The number of ketones is 1. The largest absolute Gasteiger partial charge is 0.493 e. The molecule has 0 amide bonds. The fourth-order valence-corrected chi connectivity index (χ4v) is 1.96. The third-order valence-corrected chi connectivity index (χ3v) is 3.22. The second-order valence-corrected chi connectivity index (χ2v) is 4.76. The molecule has 3 nitrogen and oxygen atoms in total. The minimum atomic E-state index is -0.106. The monoisotopic (exact) mass is 302 g/mol. The lowest BCUT2D eigenvalue weighted by molar-refractivity contribution is 0.104. The Labute approximate surface area is 128 Å². The second-order valence-electron chi connectivity index (χ2n) is 4.32. The number of hydrogen-bond donors (Lipinski definition) is 0. The van der Waals surface area contributed by atoms with E-state index < -0.39 is 0 Å². The summed E-state index contributed by atoms with van der Waals surface area (Å²) in [4.78, 5) is 12.1. The summed E-state index contributed by atoms with van der Waals surface area (Å²) < 4.78 is 10.3. The Morgan fingerprint density at radius 2 is 1.67 bits per heavy atom. The SMILES string of the molecule is COc1ccc(C(=O)/C=C/c2ccc(Cl)cc2)cc1OC. The van der Waals surface area contributed by atoms with Gasteiger partial charge in [-0.2, -0.15) is 0 Å². The lowest BCUT2D eigenvalue weighted by Crippen LogP contribution is -1.97. The number of benzene rings is 2. The van der Waals surface area contributed by atoms with Gasteiger partial charge in [-0.15, -0.1) is 0 Å². The maximum atomic E-state index is 12.1. The van der Waals surface area contributed by atoms with Gasteiger partial charge in [0, 0.05) is 10.6 Å². The summed E-state index contributed by atoms with van der Waals surface area (Å²) in [5, 5.41) is 0.665. The first-order valence-corrected chi connectivity index (χ1v) is 6.72. The van der Waals surface area contributed by atoms with Crippen molar-refractivity contribution >= 4 is 23.5 Å². The van der Waals surface area contributed by atoms with Gasteiger partial charge in [0.15, 0.2) is 17.3 Å². The first-order chi connectivity index (χ1) is 10.1. The average Bonchev–Trinajstić information content (AvgIpc) is 2.53. The van der Waals surface area contributed by atoms with Crippen LogP contribution in [0, 0.1) is 0 Å². The zero-order valence-corrected chi connectivity index (χ0v) is 12.6. The molecule has 21 heavy (non-hydrogen) atoms. The number of carbonyl (C=O) groups excluding carboxylic acids is 1. The predicted octanol–water partition coefficient (Wildman–Crippen LogP) is 4.25. The van der Waals surface area contributed by atoms with Crippen molar-refractivity contribution < 1.29 is 14.3 Å². The zero-order chi connectivity index (χ0) is 15.2. The molecule has 0 aromatic heterocycles. The minimum Gasteiger partial charge on any atom is -0.493 e. The summed E-state index contributed by atoms with van der Waals surface area (Å²) in [7, 11) is 3.09. The lowest BCUT2D eigenvalue weighted by Gasteiger charge is -2.07. The fourth-order valence-electron chi connectivity index (χ4n) is 1.83. The summed E-state index contributed by atoms with van der Waals surface area (Å²) >= 11 is 5.82. The summed E-state index contributed by atoms with van der Waals surface area (Å²) in [6.45, 7) is 0. The summed E-state index contributed by atoms with van der Waals surface area (Å²) in [6.07, 6.45) is 3.26. The van der Waals surface area contributed by atoms with Gasteiger partial charge in [-0.05, 0) is 42.0 Å². The smallest absolute Gasteiger partial charge is 0.185 e. The molecule has 0 unspecified atom stereocenters. The highest BCUT2D eigenvalue weighted by Gasteiger charge is 2.08. The van der Waals surface area contributed by atoms with E-state index in [1.165, 1.54) is 13.2 Å². The first-order valence-electron chi connectivity index (χ1n) is 6.34. The van der Waals surface area contributed by atoms with Crippen molar-refractivity contribution in [2.24, 2.45) is 0 Å². The highest BCUT2D eigenvalue weighted by Crippen LogP contribution is 2.27. The molecule has 0 atom stereocenters.